The van der Waals surface area contributed by atoms with Crippen molar-refractivity contribution in [2.24, 2.45) is 0 Å². The van der Waals surface area contributed by atoms with Crippen molar-refractivity contribution in [3.05, 3.63) is 23.9 Å². The first-order chi connectivity index (χ1) is 9.21. The quantitative estimate of drug-likeness (QED) is 0.744. The molecule has 0 radical (unpaired) electrons. The number of hydrogen-bond donors (Lipinski definition) is 1. The minimum Gasteiger partial charge on any atom is -0.476 e. The van der Waals surface area contributed by atoms with Crippen molar-refractivity contribution in [3.63, 3.8) is 0 Å². The molecule has 0 spiro atoms. The third-order valence-electron chi connectivity index (χ3n) is 3.32. The lowest BCUT2D eigenvalue weighted by molar-refractivity contribution is 0.217. The highest BCUT2D eigenvalue weighted by molar-refractivity contribution is 5.23. The van der Waals surface area contributed by atoms with Crippen LogP contribution in [0.2, 0.25) is 0 Å². The Kier molecular flexibility index (Phi) is 7.45. The van der Waals surface area contributed by atoms with Crippen LogP contribution in [0.25, 0.3) is 0 Å². The highest BCUT2D eigenvalue weighted by atomic mass is 16.5. The molecule has 108 valence electrons. The molecule has 1 aromatic heterocycles. The molecule has 1 atom stereocenters. The molecule has 0 aliphatic rings. The fourth-order valence-corrected chi connectivity index (χ4v) is 2.02. The Hall–Kier alpha value is -1.13. The Bertz CT molecular complexity index is 353. The molecule has 4 heteroatoms. The van der Waals surface area contributed by atoms with Crippen molar-refractivity contribution >= 4 is 0 Å². The molecule has 0 saturated heterocycles. The number of nitrogens with zero attached hydrogens (tertiary/aromatic N) is 2. The molecule has 1 unspecified atom stereocenters. The zero-order chi connectivity index (χ0) is 14.1. The van der Waals surface area contributed by atoms with Crippen LogP contribution >= 0.6 is 0 Å². The number of nitrogens with one attached hydrogen (secondary N) is 1. The van der Waals surface area contributed by atoms with Gasteiger partial charge in [0.2, 0.25) is 5.88 Å². The zero-order valence-corrected chi connectivity index (χ0v) is 12.6. The van der Waals surface area contributed by atoms with Crippen LogP contribution in [0.3, 0.4) is 0 Å². The predicted molar refractivity (Wildman–Crippen MR) is 79.6 cm³/mol. The van der Waals surface area contributed by atoms with Gasteiger partial charge in [-0.3, -0.25) is 0 Å². The summed E-state index contributed by atoms with van der Waals surface area (Å²) in [6.07, 6.45) is 1.82. The molecule has 1 rings (SSSR count). The Morgan fingerprint density at radius 1 is 1.32 bits per heavy atom. The van der Waals surface area contributed by atoms with E-state index in [-0.39, 0.29) is 0 Å². The highest BCUT2D eigenvalue weighted by Crippen LogP contribution is 2.16. The smallest absolute Gasteiger partial charge is 0.213 e. The average molecular weight is 265 g/mol. The lowest BCUT2D eigenvalue weighted by Gasteiger charge is -2.18. The first-order valence-electron chi connectivity index (χ1n) is 7.25. The molecular weight excluding hydrogens is 238 g/mol. The van der Waals surface area contributed by atoms with Gasteiger partial charge in [0.25, 0.3) is 0 Å². The minimum absolute atomic E-state index is 0.332. The summed E-state index contributed by atoms with van der Waals surface area (Å²) in [5.74, 6) is 0.717. The minimum atomic E-state index is 0.332. The third kappa shape index (κ3) is 5.57. The Morgan fingerprint density at radius 3 is 2.68 bits per heavy atom. The fraction of sp³-hybridized carbons (Fsp3) is 0.667. The topological polar surface area (TPSA) is 37.4 Å². The Balaban J connectivity index is 2.48. The molecule has 19 heavy (non-hydrogen) atoms. The summed E-state index contributed by atoms with van der Waals surface area (Å²) in [5, 5.41) is 3.39. The second-order valence-electron chi connectivity index (χ2n) is 4.58. The van der Waals surface area contributed by atoms with E-state index in [1.165, 1.54) is 5.56 Å². The van der Waals surface area contributed by atoms with Crippen LogP contribution in [0.5, 0.6) is 5.88 Å². The maximum Gasteiger partial charge on any atom is 0.213 e. The Morgan fingerprint density at radius 2 is 2.05 bits per heavy atom. The zero-order valence-electron chi connectivity index (χ0n) is 12.6. The van der Waals surface area contributed by atoms with Gasteiger partial charge in [0.05, 0.1) is 0 Å². The first-order valence-corrected chi connectivity index (χ1v) is 7.25. The molecular formula is C15H27N3O. The van der Waals surface area contributed by atoms with Crippen LogP contribution in [-0.2, 0) is 0 Å². The van der Waals surface area contributed by atoms with Gasteiger partial charge in [0.1, 0.15) is 6.61 Å². The van der Waals surface area contributed by atoms with E-state index >= 15 is 0 Å². The molecule has 0 fully saturated rings. The summed E-state index contributed by atoms with van der Waals surface area (Å²) in [4.78, 5) is 6.60. The average Bonchev–Trinajstić information content (AvgIpc) is 2.44. The van der Waals surface area contributed by atoms with E-state index < -0.39 is 0 Å². The summed E-state index contributed by atoms with van der Waals surface area (Å²) < 4.78 is 5.73. The first kappa shape index (κ1) is 15.9. The van der Waals surface area contributed by atoms with Crippen molar-refractivity contribution in [1.82, 2.24) is 15.2 Å². The second-order valence-corrected chi connectivity index (χ2v) is 4.58. The van der Waals surface area contributed by atoms with Gasteiger partial charge in [0, 0.05) is 24.8 Å². The SMILES string of the molecule is CCNC(C)c1ccnc(OCCN(CC)CC)c1. The fourth-order valence-electron chi connectivity index (χ4n) is 2.02. The van der Waals surface area contributed by atoms with Crippen LogP contribution in [0.15, 0.2) is 18.3 Å². The van der Waals surface area contributed by atoms with Crippen molar-refractivity contribution < 1.29 is 4.74 Å². The summed E-state index contributed by atoms with van der Waals surface area (Å²) in [6.45, 7) is 13.3. The van der Waals surface area contributed by atoms with Gasteiger partial charge in [-0.15, -0.1) is 0 Å². The molecule has 1 N–H and O–H groups in total. The van der Waals surface area contributed by atoms with Crippen molar-refractivity contribution in [2.45, 2.75) is 33.7 Å². The maximum atomic E-state index is 5.73. The van der Waals surface area contributed by atoms with Gasteiger partial charge >= 0.3 is 0 Å². The van der Waals surface area contributed by atoms with Gasteiger partial charge in [-0.25, -0.2) is 4.98 Å². The summed E-state index contributed by atoms with van der Waals surface area (Å²) in [7, 11) is 0. The van der Waals surface area contributed by atoms with E-state index in [9.17, 15) is 0 Å². The molecule has 0 aromatic carbocycles. The lowest BCUT2D eigenvalue weighted by atomic mass is 10.1. The van der Waals surface area contributed by atoms with Crippen molar-refractivity contribution in [3.8, 4) is 5.88 Å². The van der Waals surface area contributed by atoms with Gasteiger partial charge in [0.15, 0.2) is 0 Å². The van der Waals surface area contributed by atoms with Gasteiger partial charge in [-0.1, -0.05) is 20.8 Å². The largest absolute Gasteiger partial charge is 0.476 e. The van der Waals surface area contributed by atoms with Crippen molar-refractivity contribution in [1.29, 1.82) is 0 Å². The standard InChI is InChI=1S/C15H27N3O/c1-5-16-13(4)14-8-9-17-15(12-14)19-11-10-18(6-2)7-3/h8-9,12-13,16H,5-7,10-11H2,1-4H3. The van der Waals surface area contributed by atoms with Crippen LogP contribution < -0.4 is 10.1 Å². The molecule has 0 aliphatic heterocycles. The number of likely N-dealkylation sites (N-methyl/N-ethyl adjacent to an activating group) is 1. The molecule has 0 bridgehead atoms. The summed E-state index contributed by atoms with van der Waals surface area (Å²) >= 11 is 0. The van der Waals surface area contributed by atoms with E-state index in [2.05, 4.69) is 42.9 Å². The molecule has 0 aliphatic carbocycles. The van der Waals surface area contributed by atoms with E-state index in [0.29, 0.717) is 12.6 Å². The van der Waals surface area contributed by atoms with Gasteiger partial charge < -0.3 is 15.0 Å². The van der Waals surface area contributed by atoms with Gasteiger partial charge in [-0.05, 0) is 38.2 Å². The van der Waals surface area contributed by atoms with Crippen LogP contribution in [0.1, 0.15) is 39.3 Å². The summed E-state index contributed by atoms with van der Waals surface area (Å²) in [6, 6.07) is 4.39. The molecule has 0 amide bonds. The van der Waals surface area contributed by atoms with E-state index in [4.69, 9.17) is 4.74 Å². The molecule has 4 nitrogen and oxygen atoms in total. The molecule has 0 saturated carbocycles. The number of aromatic nitrogens is 1. The number of pyridine rings is 1. The van der Waals surface area contributed by atoms with E-state index in [1.807, 2.05) is 18.3 Å². The van der Waals surface area contributed by atoms with Crippen LogP contribution in [0.4, 0.5) is 0 Å². The highest BCUT2D eigenvalue weighted by Gasteiger charge is 2.06. The monoisotopic (exact) mass is 265 g/mol. The summed E-state index contributed by atoms with van der Waals surface area (Å²) in [5.41, 5.74) is 1.22. The van der Waals surface area contributed by atoms with Gasteiger partial charge in [-0.2, -0.15) is 0 Å². The maximum absolute atomic E-state index is 5.73. The number of rotatable bonds is 9. The number of hydrogen-bond acceptors (Lipinski definition) is 4. The predicted octanol–water partition coefficient (Wildman–Crippen LogP) is 2.47. The molecule has 1 heterocycles. The normalized spacial score (nSPS) is 12.7. The molecule has 1 aromatic rings. The van der Waals surface area contributed by atoms with E-state index in [0.717, 1.165) is 32.1 Å². The van der Waals surface area contributed by atoms with Crippen LogP contribution in [0, 0.1) is 0 Å². The second kappa shape index (κ2) is 8.88. The van der Waals surface area contributed by atoms with Crippen LogP contribution in [-0.4, -0.2) is 42.7 Å². The number of ether oxygens (including phenoxy) is 1. The van der Waals surface area contributed by atoms with Crippen molar-refractivity contribution in [2.75, 3.05) is 32.8 Å². The van der Waals surface area contributed by atoms with E-state index in [1.54, 1.807) is 0 Å². The Labute approximate surface area is 117 Å². The lowest BCUT2D eigenvalue weighted by Crippen LogP contribution is -2.28. The third-order valence-corrected chi connectivity index (χ3v) is 3.32.